The minimum absolute atomic E-state index is 0.232. The minimum Gasteiger partial charge on any atom is -0.493 e. The lowest BCUT2D eigenvalue weighted by atomic mass is 9.89. The molecule has 0 spiro atoms. The Morgan fingerprint density at radius 2 is 1.79 bits per heavy atom. The maximum absolute atomic E-state index is 12.2. The van der Waals surface area contributed by atoms with Gasteiger partial charge in [-0.2, -0.15) is 0 Å². The number of nitrogens with zero attached hydrogens (tertiary/aromatic N) is 2. The number of likely N-dealkylation sites (tertiary alicyclic amines) is 1. The van der Waals surface area contributed by atoms with Crippen LogP contribution in [0.15, 0.2) is 23.4 Å². The molecule has 2 aliphatic rings. The van der Waals surface area contributed by atoms with E-state index >= 15 is 0 Å². The summed E-state index contributed by atoms with van der Waals surface area (Å²) in [4.78, 5) is 24.6. The van der Waals surface area contributed by atoms with Crippen LogP contribution in [0, 0.1) is 0 Å². The van der Waals surface area contributed by atoms with E-state index in [0.717, 1.165) is 24.2 Å². The first-order valence-corrected chi connectivity index (χ1v) is 9.62. The van der Waals surface area contributed by atoms with Crippen molar-refractivity contribution >= 4 is 17.6 Å². The molecule has 0 aromatic heterocycles. The molecular weight excluding hydrogens is 364 g/mol. The fourth-order valence-corrected chi connectivity index (χ4v) is 3.97. The highest BCUT2D eigenvalue weighted by molar-refractivity contribution is 6.63. The van der Waals surface area contributed by atoms with Crippen molar-refractivity contribution in [3.05, 3.63) is 23.8 Å². The second-order valence-electron chi connectivity index (χ2n) is 7.25. The number of piperidine rings is 1. The quantitative estimate of drug-likeness (QED) is 0.335. The zero-order valence-corrected chi connectivity index (χ0v) is 16.0. The molecule has 152 valence electrons. The summed E-state index contributed by atoms with van der Waals surface area (Å²) in [6, 6.07) is 5.95. The number of amides is 1. The van der Waals surface area contributed by atoms with Crippen molar-refractivity contribution < 1.29 is 29.4 Å². The number of carbonyl (C=O) groups is 2. The van der Waals surface area contributed by atoms with Gasteiger partial charge in [0.1, 0.15) is 0 Å². The Labute approximate surface area is 163 Å². The summed E-state index contributed by atoms with van der Waals surface area (Å²) in [5.41, 5.74) is 0.269. The maximum atomic E-state index is 12.2. The molecule has 8 nitrogen and oxygen atoms in total. The highest BCUT2D eigenvalue weighted by atomic mass is 16.5. The Hall–Kier alpha value is -2.77. The molecule has 28 heavy (non-hydrogen) atoms. The van der Waals surface area contributed by atoms with E-state index in [-0.39, 0.29) is 12.0 Å². The van der Waals surface area contributed by atoms with Crippen LogP contribution in [-0.2, 0) is 9.59 Å². The molecule has 1 heterocycles. The topological polar surface area (TPSA) is 109 Å². The Morgan fingerprint density at radius 1 is 1.11 bits per heavy atom. The number of carbonyl (C=O) groups excluding carboxylic acids is 1. The lowest BCUT2D eigenvalue weighted by Crippen LogP contribution is -2.44. The monoisotopic (exact) mass is 390 g/mol. The number of oxime groups is 1. The number of hydrogen-bond acceptors (Lipinski definition) is 6. The van der Waals surface area contributed by atoms with Crippen LogP contribution in [-0.4, -0.2) is 59.1 Å². The third-order valence-electron chi connectivity index (χ3n) is 5.54. The van der Waals surface area contributed by atoms with Gasteiger partial charge in [0.05, 0.1) is 13.2 Å². The molecule has 1 saturated carbocycles. The van der Waals surface area contributed by atoms with Crippen molar-refractivity contribution in [2.45, 2.75) is 50.5 Å². The summed E-state index contributed by atoms with van der Waals surface area (Å²) in [5, 5.41) is 20.3. The van der Waals surface area contributed by atoms with Crippen LogP contribution >= 0.6 is 0 Å². The first-order chi connectivity index (χ1) is 13.5. The molecule has 3 rings (SSSR count). The van der Waals surface area contributed by atoms with Gasteiger partial charge in [0, 0.05) is 13.1 Å². The second kappa shape index (κ2) is 8.95. The van der Waals surface area contributed by atoms with Crippen LogP contribution in [0.5, 0.6) is 11.5 Å². The third kappa shape index (κ3) is 4.37. The Bertz CT molecular complexity index is 749. The zero-order chi connectivity index (χ0) is 20.1. The van der Waals surface area contributed by atoms with Gasteiger partial charge in [0.15, 0.2) is 11.5 Å². The Kier molecular flexibility index (Phi) is 6.38. The van der Waals surface area contributed by atoms with Crippen molar-refractivity contribution in [2.24, 2.45) is 5.16 Å². The van der Waals surface area contributed by atoms with Crippen molar-refractivity contribution in [3.8, 4) is 11.5 Å². The number of carboxylic acid groups (broad SMARTS) is 1. The predicted octanol–water partition coefficient (Wildman–Crippen LogP) is 2.64. The van der Waals surface area contributed by atoms with Gasteiger partial charge >= 0.3 is 5.97 Å². The number of aliphatic carboxylic acids is 1. The lowest BCUT2D eigenvalue weighted by molar-refractivity contribution is -0.132. The van der Waals surface area contributed by atoms with E-state index in [2.05, 4.69) is 5.16 Å². The molecule has 2 fully saturated rings. The Morgan fingerprint density at radius 3 is 2.36 bits per heavy atom. The van der Waals surface area contributed by atoms with Crippen LogP contribution in [0.3, 0.4) is 0 Å². The number of benzene rings is 1. The van der Waals surface area contributed by atoms with E-state index in [1.807, 2.05) is 18.2 Å². The van der Waals surface area contributed by atoms with E-state index < -0.39 is 17.6 Å². The standard InChI is InChI=1S/C20H26N2O6/c1-27-16-7-6-14(12-17(16)28-15-4-2-3-5-15)13-8-10-22(11-9-13)19(23)18(21-26)20(24)25/h6-7,12-13,15,26H,2-5,8-11H2,1H3,(H,24,25). The number of hydrogen-bond donors (Lipinski definition) is 2. The average Bonchev–Trinajstić information content (AvgIpc) is 3.21. The molecule has 1 saturated heterocycles. The molecule has 2 N–H and O–H groups in total. The molecule has 0 unspecified atom stereocenters. The highest BCUT2D eigenvalue weighted by Gasteiger charge is 2.30. The third-order valence-corrected chi connectivity index (χ3v) is 5.54. The van der Waals surface area contributed by atoms with Gasteiger partial charge in [0.2, 0.25) is 0 Å². The summed E-state index contributed by atoms with van der Waals surface area (Å²) in [6.07, 6.45) is 6.12. The molecule has 1 amide bonds. The summed E-state index contributed by atoms with van der Waals surface area (Å²) >= 11 is 0. The van der Waals surface area contributed by atoms with Crippen LogP contribution in [0.2, 0.25) is 0 Å². The first kappa shape index (κ1) is 20.0. The summed E-state index contributed by atoms with van der Waals surface area (Å²) in [7, 11) is 1.63. The van der Waals surface area contributed by atoms with Crippen molar-refractivity contribution in [1.29, 1.82) is 0 Å². The summed E-state index contributed by atoms with van der Waals surface area (Å²) in [6.45, 7) is 0.807. The van der Waals surface area contributed by atoms with E-state index in [0.29, 0.717) is 31.7 Å². The van der Waals surface area contributed by atoms with Gasteiger partial charge in [-0.15, -0.1) is 0 Å². The fraction of sp³-hybridized carbons (Fsp3) is 0.550. The van der Waals surface area contributed by atoms with Crippen LogP contribution in [0.4, 0.5) is 0 Å². The molecule has 0 bridgehead atoms. The van der Waals surface area contributed by atoms with Crippen LogP contribution in [0.25, 0.3) is 0 Å². The van der Waals surface area contributed by atoms with Crippen LogP contribution < -0.4 is 9.47 Å². The van der Waals surface area contributed by atoms with Gasteiger partial charge in [0.25, 0.3) is 11.6 Å². The number of rotatable bonds is 6. The second-order valence-corrected chi connectivity index (χ2v) is 7.25. The van der Waals surface area contributed by atoms with Gasteiger partial charge < -0.3 is 24.7 Å². The van der Waals surface area contributed by atoms with Gasteiger partial charge in [-0.05, 0) is 62.1 Å². The molecule has 1 aromatic carbocycles. The fourth-order valence-electron chi connectivity index (χ4n) is 3.97. The highest BCUT2D eigenvalue weighted by Crippen LogP contribution is 2.37. The number of carboxylic acids is 1. The number of ether oxygens (including phenoxy) is 2. The maximum Gasteiger partial charge on any atom is 0.363 e. The molecular formula is C20H26N2O6. The molecule has 0 radical (unpaired) electrons. The van der Waals surface area contributed by atoms with E-state index in [4.69, 9.17) is 19.8 Å². The predicted molar refractivity (Wildman–Crippen MR) is 101 cm³/mol. The average molecular weight is 390 g/mol. The van der Waals surface area contributed by atoms with Crippen molar-refractivity contribution in [2.75, 3.05) is 20.2 Å². The molecule has 8 heteroatoms. The lowest BCUT2D eigenvalue weighted by Gasteiger charge is -2.32. The molecule has 1 aromatic rings. The summed E-state index contributed by atoms with van der Waals surface area (Å²) < 4.78 is 11.6. The SMILES string of the molecule is COc1ccc(C2CCN(C(=O)C(=NO)C(=O)O)CC2)cc1OC1CCCC1. The normalized spacial score (nSPS) is 18.9. The Balaban J connectivity index is 1.66. The summed E-state index contributed by atoms with van der Waals surface area (Å²) in [5.74, 6) is -0.577. The largest absolute Gasteiger partial charge is 0.493 e. The van der Waals surface area contributed by atoms with Gasteiger partial charge in [-0.3, -0.25) is 4.79 Å². The number of methoxy groups -OCH3 is 1. The van der Waals surface area contributed by atoms with E-state index in [1.54, 1.807) is 7.11 Å². The van der Waals surface area contributed by atoms with E-state index in [1.165, 1.54) is 17.7 Å². The smallest absolute Gasteiger partial charge is 0.363 e. The van der Waals surface area contributed by atoms with Gasteiger partial charge in [-0.25, -0.2) is 4.79 Å². The minimum atomic E-state index is -1.53. The molecule has 1 aliphatic heterocycles. The molecule has 1 aliphatic carbocycles. The van der Waals surface area contributed by atoms with E-state index in [9.17, 15) is 9.59 Å². The van der Waals surface area contributed by atoms with Gasteiger partial charge in [-0.1, -0.05) is 11.2 Å². The van der Waals surface area contributed by atoms with Crippen LogP contribution in [0.1, 0.15) is 50.0 Å². The zero-order valence-electron chi connectivity index (χ0n) is 16.0. The molecule has 0 atom stereocenters. The first-order valence-electron chi connectivity index (χ1n) is 9.62. The van der Waals surface area contributed by atoms with Crippen molar-refractivity contribution in [3.63, 3.8) is 0 Å². The van der Waals surface area contributed by atoms with Crippen molar-refractivity contribution in [1.82, 2.24) is 4.90 Å².